The van der Waals surface area contributed by atoms with Crippen LogP contribution in [0.3, 0.4) is 0 Å². The van der Waals surface area contributed by atoms with Gasteiger partial charge in [-0.1, -0.05) is 49.7 Å². The predicted octanol–water partition coefficient (Wildman–Crippen LogP) is 3.32. The topological polar surface area (TPSA) is 118 Å². The number of ketones is 2. The molecule has 1 unspecified atom stereocenters. The monoisotopic (exact) mass is 431 g/mol. The zero-order valence-electron chi connectivity index (χ0n) is 17.6. The number of aromatic nitrogens is 2. The summed E-state index contributed by atoms with van der Waals surface area (Å²) in [5, 5.41) is 9.29. The molecule has 1 atom stereocenters. The molecule has 0 spiro atoms. The molecule has 0 aliphatic heterocycles. The lowest BCUT2D eigenvalue weighted by Crippen LogP contribution is -2.31. The van der Waals surface area contributed by atoms with Gasteiger partial charge in [0.05, 0.1) is 11.3 Å². The summed E-state index contributed by atoms with van der Waals surface area (Å²) in [6.45, 7) is 3.43. The molecule has 4 rings (SSSR count). The van der Waals surface area contributed by atoms with E-state index in [4.69, 9.17) is 4.74 Å². The number of hydrogen-bond donors (Lipinski definition) is 2. The lowest BCUT2D eigenvalue weighted by atomic mass is 9.83. The summed E-state index contributed by atoms with van der Waals surface area (Å²) in [5.41, 5.74) is 2.03. The van der Waals surface area contributed by atoms with Gasteiger partial charge < -0.3 is 10.1 Å². The molecule has 162 valence electrons. The minimum Gasteiger partial charge on any atom is -0.448 e. The second-order valence-electron chi connectivity index (χ2n) is 7.50. The van der Waals surface area contributed by atoms with Crippen molar-refractivity contribution in [2.75, 3.05) is 5.32 Å². The van der Waals surface area contributed by atoms with Crippen LogP contribution >= 0.6 is 0 Å². The number of amides is 1. The summed E-state index contributed by atoms with van der Waals surface area (Å²) in [7, 11) is 0. The molecule has 1 aliphatic carbocycles. The molecule has 1 amide bonds. The predicted molar refractivity (Wildman–Crippen MR) is 116 cm³/mol. The van der Waals surface area contributed by atoms with E-state index in [-0.39, 0.29) is 39.6 Å². The Balaban J connectivity index is 1.52. The number of nitrogens with zero attached hydrogens (tertiary/aromatic N) is 1. The first kappa shape index (κ1) is 21.2. The van der Waals surface area contributed by atoms with E-state index in [0.29, 0.717) is 5.56 Å². The number of nitrogens with one attached hydrogen (secondary N) is 2. The van der Waals surface area contributed by atoms with E-state index in [1.807, 2.05) is 6.92 Å². The summed E-state index contributed by atoms with van der Waals surface area (Å²) in [6, 6.07) is 12.8. The third kappa shape index (κ3) is 3.82. The van der Waals surface area contributed by atoms with E-state index < -0.39 is 18.0 Å². The number of fused-ring (bicyclic) bond motifs is 2. The highest BCUT2D eigenvalue weighted by molar-refractivity contribution is 6.30. The van der Waals surface area contributed by atoms with Gasteiger partial charge in [-0.05, 0) is 25.5 Å². The second kappa shape index (κ2) is 8.58. The van der Waals surface area contributed by atoms with Crippen molar-refractivity contribution in [3.05, 3.63) is 82.2 Å². The van der Waals surface area contributed by atoms with E-state index in [9.17, 15) is 19.2 Å². The zero-order chi connectivity index (χ0) is 22.8. The summed E-state index contributed by atoms with van der Waals surface area (Å²) in [5.74, 6) is -2.00. The number of H-pyrrole nitrogens is 1. The lowest BCUT2D eigenvalue weighted by molar-refractivity contribution is -0.123. The Kier molecular flexibility index (Phi) is 5.68. The maximum absolute atomic E-state index is 13.0. The minimum absolute atomic E-state index is 0.0857. The van der Waals surface area contributed by atoms with Crippen LogP contribution in [0, 0.1) is 0 Å². The fraction of sp³-hybridized carbons (Fsp3) is 0.208. The zero-order valence-corrected chi connectivity index (χ0v) is 17.6. The molecule has 0 saturated heterocycles. The number of esters is 1. The van der Waals surface area contributed by atoms with E-state index in [1.54, 1.807) is 42.5 Å². The molecular weight excluding hydrogens is 410 g/mol. The summed E-state index contributed by atoms with van der Waals surface area (Å²) in [4.78, 5) is 50.9. The third-order valence-electron chi connectivity index (χ3n) is 5.22. The van der Waals surface area contributed by atoms with Crippen LogP contribution in [0.1, 0.15) is 68.3 Å². The van der Waals surface area contributed by atoms with Crippen LogP contribution in [0.15, 0.2) is 48.5 Å². The molecule has 8 heteroatoms. The fourth-order valence-corrected chi connectivity index (χ4v) is 3.62. The van der Waals surface area contributed by atoms with Crippen molar-refractivity contribution in [2.24, 2.45) is 0 Å². The van der Waals surface area contributed by atoms with Crippen molar-refractivity contribution in [3.63, 3.8) is 0 Å². The number of aromatic amines is 1. The SMILES string of the molecule is CCCc1cc(C(=O)OC(C)C(=O)Nc2cccc3c2C(=O)c2ccccc2C3=O)n[nH]1. The molecule has 0 radical (unpaired) electrons. The van der Waals surface area contributed by atoms with Crippen LogP contribution in [-0.2, 0) is 16.0 Å². The Hall–Kier alpha value is -4.07. The number of carbonyl (C=O) groups excluding carboxylic acids is 4. The Morgan fingerprint density at radius 2 is 1.72 bits per heavy atom. The normalized spacial score (nSPS) is 13.2. The van der Waals surface area contributed by atoms with Crippen LogP contribution in [0.25, 0.3) is 0 Å². The molecule has 1 aliphatic rings. The molecule has 2 aromatic carbocycles. The first-order valence-corrected chi connectivity index (χ1v) is 10.3. The van der Waals surface area contributed by atoms with Gasteiger partial charge in [0.25, 0.3) is 5.91 Å². The van der Waals surface area contributed by atoms with Crippen molar-refractivity contribution >= 4 is 29.1 Å². The first-order chi connectivity index (χ1) is 15.4. The van der Waals surface area contributed by atoms with Crippen molar-refractivity contribution in [1.82, 2.24) is 10.2 Å². The summed E-state index contributed by atoms with van der Waals surface area (Å²) in [6.07, 6.45) is 0.486. The summed E-state index contributed by atoms with van der Waals surface area (Å²) >= 11 is 0. The Morgan fingerprint density at radius 3 is 2.44 bits per heavy atom. The molecule has 8 nitrogen and oxygen atoms in total. The van der Waals surface area contributed by atoms with Crippen molar-refractivity contribution < 1.29 is 23.9 Å². The molecule has 0 fully saturated rings. The molecule has 0 bridgehead atoms. The largest absolute Gasteiger partial charge is 0.448 e. The number of benzene rings is 2. The molecule has 0 saturated carbocycles. The van der Waals surface area contributed by atoms with Crippen molar-refractivity contribution in [2.45, 2.75) is 32.8 Å². The van der Waals surface area contributed by atoms with Gasteiger partial charge in [-0.3, -0.25) is 19.5 Å². The van der Waals surface area contributed by atoms with E-state index in [2.05, 4.69) is 15.5 Å². The second-order valence-corrected chi connectivity index (χ2v) is 7.50. The van der Waals surface area contributed by atoms with Gasteiger partial charge in [-0.15, -0.1) is 0 Å². The minimum atomic E-state index is -1.15. The average molecular weight is 431 g/mol. The van der Waals surface area contributed by atoms with E-state index in [0.717, 1.165) is 18.5 Å². The molecule has 3 aromatic rings. The van der Waals surface area contributed by atoms with Gasteiger partial charge in [0.2, 0.25) is 0 Å². The van der Waals surface area contributed by atoms with Crippen LogP contribution in [0.5, 0.6) is 0 Å². The molecule has 32 heavy (non-hydrogen) atoms. The number of carbonyl (C=O) groups is 4. The smallest absolute Gasteiger partial charge is 0.359 e. The first-order valence-electron chi connectivity index (χ1n) is 10.3. The number of hydrogen-bond acceptors (Lipinski definition) is 6. The summed E-state index contributed by atoms with van der Waals surface area (Å²) < 4.78 is 5.22. The van der Waals surface area contributed by atoms with Gasteiger partial charge in [0.15, 0.2) is 23.4 Å². The standard InChI is InChI=1S/C24H21N3O5/c1-3-7-14-12-19(27-26-14)24(31)32-13(2)23(30)25-18-11-6-10-17-20(18)22(29)16-9-5-4-8-15(16)21(17)28/h4-6,8-13H,3,7H2,1-2H3,(H,25,30)(H,26,27). The van der Waals surface area contributed by atoms with Crippen LogP contribution in [0.2, 0.25) is 0 Å². The maximum Gasteiger partial charge on any atom is 0.359 e. The molecule has 1 aromatic heterocycles. The number of ether oxygens (including phenoxy) is 1. The Labute approximate surface area is 184 Å². The lowest BCUT2D eigenvalue weighted by Gasteiger charge is -2.21. The van der Waals surface area contributed by atoms with Gasteiger partial charge in [-0.25, -0.2) is 4.79 Å². The van der Waals surface area contributed by atoms with Gasteiger partial charge in [-0.2, -0.15) is 5.10 Å². The van der Waals surface area contributed by atoms with Crippen LogP contribution in [-0.4, -0.2) is 39.7 Å². The third-order valence-corrected chi connectivity index (χ3v) is 5.22. The van der Waals surface area contributed by atoms with Gasteiger partial charge >= 0.3 is 5.97 Å². The number of rotatable bonds is 6. The quantitative estimate of drug-likeness (QED) is 0.452. The number of aryl methyl sites for hydroxylation is 1. The Morgan fingerprint density at radius 1 is 1.03 bits per heavy atom. The highest BCUT2D eigenvalue weighted by atomic mass is 16.5. The highest BCUT2D eigenvalue weighted by Crippen LogP contribution is 2.32. The maximum atomic E-state index is 13.0. The highest BCUT2D eigenvalue weighted by Gasteiger charge is 2.32. The van der Waals surface area contributed by atoms with E-state index in [1.165, 1.54) is 13.0 Å². The fourth-order valence-electron chi connectivity index (χ4n) is 3.62. The van der Waals surface area contributed by atoms with Crippen molar-refractivity contribution in [1.29, 1.82) is 0 Å². The van der Waals surface area contributed by atoms with Crippen LogP contribution in [0.4, 0.5) is 5.69 Å². The molecule has 2 N–H and O–H groups in total. The Bertz CT molecular complexity index is 1240. The van der Waals surface area contributed by atoms with E-state index >= 15 is 0 Å². The van der Waals surface area contributed by atoms with Gasteiger partial charge in [0, 0.05) is 22.4 Å². The number of anilines is 1. The van der Waals surface area contributed by atoms with Crippen molar-refractivity contribution in [3.8, 4) is 0 Å². The molecule has 1 heterocycles. The molecular formula is C24H21N3O5. The van der Waals surface area contributed by atoms with Gasteiger partial charge in [0.1, 0.15) is 0 Å². The van der Waals surface area contributed by atoms with Crippen LogP contribution < -0.4 is 5.32 Å². The average Bonchev–Trinajstić information content (AvgIpc) is 3.26.